The summed E-state index contributed by atoms with van der Waals surface area (Å²) >= 11 is 0. The summed E-state index contributed by atoms with van der Waals surface area (Å²) in [5.74, 6) is -1.04. The van der Waals surface area contributed by atoms with Crippen molar-refractivity contribution in [2.75, 3.05) is 5.32 Å². The predicted octanol–water partition coefficient (Wildman–Crippen LogP) is 2.23. The van der Waals surface area contributed by atoms with E-state index in [2.05, 4.69) is 15.3 Å². The van der Waals surface area contributed by atoms with E-state index in [-0.39, 0.29) is 17.7 Å². The van der Waals surface area contributed by atoms with E-state index in [9.17, 15) is 9.18 Å². The number of carboxylic acids is 1. The van der Waals surface area contributed by atoms with Crippen LogP contribution in [0.2, 0.25) is 0 Å². The van der Waals surface area contributed by atoms with Crippen LogP contribution < -0.4 is 5.32 Å². The normalized spacial score (nSPS) is 13.2. The molecule has 0 bridgehead atoms. The summed E-state index contributed by atoms with van der Waals surface area (Å²) < 4.78 is 13.5. The van der Waals surface area contributed by atoms with Gasteiger partial charge in [-0.05, 0) is 12.3 Å². The van der Waals surface area contributed by atoms with E-state index in [0.717, 1.165) is 6.20 Å². The van der Waals surface area contributed by atoms with Gasteiger partial charge in [-0.15, -0.1) is 0 Å². The van der Waals surface area contributed by atoms with Gasteiger partial charge in [-0.1, -0.05) is 20.8 Å². The molecule has 0 aliphatic heterocycles. The number of rotatable bonds is 4. The van der Waals surface area contributed by atoms with E-state index in [1.54, 1.807) is 6.92 Å². The molecule has 1 heterocycles. The van der Waals surface area contributed by atoms with Crippen LogP contribution in [0.4, 0.5) is 10.2 Å². The third-order valence-electron chi connectivity index (χ3n) is 2.60. The second-order valence-corrected chi connectivity index (χ2v) is 5.27. The second-order valence-electron chi connectivity index (χ2n) is 5.27. The Hall–Kier alpha value is -1.72. The molecule has 0 aromatic carbocycles. The number of halogens is 1. The zero-order valence-corrected chi connectivity index (χ0v) is 11.0. The number of hydrogen-bond acceptors (Lipinski definition) is 4. The molecule has 2 N–H and O–H groups in total. The number of aromatic nitrogens is 2. The van der Waals surface area contributed by atoms with Crippen molar-refractivity contribution in [2.45, 2.75) is 40.2 Å². The first-order valence-electron chi connectivity index (χ1n) is 5.67. The summed E-state index contributed by atoms with van der Waals surface area (Å²) in [5, 5.41) is 11.7. The minimum absolute atomic E-state index is 0.0451. The fourth-order valence-electron chi connectivity index (χ4n) is 1.47. The van der Waals surface area contributed by atoms with Crippen LogP contribution in [0, 0.1) is 18.2 Å². The highest BCUT2D eigenvalue weighted by Crippen LogP contribution is 2.25. The van der Waals surface area contributed by atoms with Gasteiger partial charge in [0.2, 0.25) is 0 Å². The first-order chi connectivity index (χ1) is 8.20. The fourth-order valence-corrected chi connectivity index (χ4v) is 1.47. The van der Waals surface area contributed by atoms with Crippen molar-refractivity contribution in [2.24, 2.45) is 5.41 Å². The van der Waals surface area contributed by atoms with Crippen LogP contribution in [-0.2, 0) is 4.79 Å². The van der Waals surface area contributed by atoms with E-state index < -0.39 is 17.8 Å². The maximum absolute atomic E-state index is 13.5. The smallest absolute Gasteiger partial charge is 0.305 e. The summed E-state index contributed by atoms with van der Waals surface area (Å²) in [6, 6.07) is -0.418. The number of nitrogens with one attached hydrogen (secondary N) is 1. The van der Waals surface area contributed by atoms with Crippen LogP contribution in [0.5, 0.6) is 0 Å². The molecule has 0 spiro atoms. The number of carbonyl (C=O) groups is 1. The number of carboxylic acid groups (broad SMARTS) is 1. The van der Waals surface area contributed by atoms with Gasteiger partial charge in [0, 0.05) is 6.04 Å². The molecule has 0 aliphatic rings. The Balaban J connectivity index is 2.96. The zero-order valence-electron chi connectivity index (χ0n) is 11.0. The highest BCUT2D eigenvalue weighted by atomic mass is 19.1. The highest BCUT2D eigenvalue weighted by Gasteiger charge is 2.28. The van der Waals surface area contributed by atoms with E-state index in [1.165, 1.54) is 0 Å². The molecule has 0 saturated heterocycles. The van der Waals surface area contributed by atoms with Gasteiger partial charge >= 0.3 is 5.97 Å². The largest absolute Gasteiger partial charge is 0.481 e. The van der Waals surface area contributed by atoms with Crippen LogP contribution in [0.15, 0.2) is 6.20 Å². The predicted molar refractivity (Wildman–Crippen MR) is 65.8 cm³/mol. The van der Waals surface area contributed by atoms with Crippen molar-refractivity contribution < 1.29 is 14.3 Å². The molecule has 0 radical (unpaired) electrons. The first-order valence-corrected chi connectivity index (χ1v) is 5.67. The van der Waals surface area contributed by atoms with Crippen molar-refractivity contribution in [3.8, 4) is 0 Å². The number of nitrogens with zero attached hydrogens (tertiary/aromatic N) is 2. The second kappa shape index (κ2) is 5.29. The fraction of sp³-hybridized carbons (Fsp3) is 0.583. The lowest BCUT2D eigenvalue weighted by molar-refractivity contribution is -0.137. The van der Waals surface area contributed by atoms with Crippen LogP contribution in [0.1, 0.15) is 33.0 Å². The molecule has 0 aliphatic carbocycles. The molecule has 1 atom stereocenters. The minimum atomic E-state index is -0.936. The molecule has 18 heavy (non-hydrogen) atoms. The lowest BCUT2D eigenvalue weighted by Crippen LogP contribution is -2.36. The molecule has 0 unspecified atom stereocenters. The standard InChI is InChI=1S/C12H18FN3O2/c1-7-14-6-8(13)11(15-7)16-9(5-10(17)18)12(2,3)4/h6,9H,5H2,1-4H3,(H,17,18)(H,14,15,16)/t9-/m1/s1. The molecule has 1 rings (SSSR count). The van der Waals surface area contributed by atoms with Gasteiger partial charge in [0.1, 0.15) is 5.82 Å². The minimum Gasteiger partial charge on any atom is -0.481 e. The summed E-state index contributed by atoms with van der Waals surface area (Å²) in [6.45, 7) is 7.31. The summed E-state index contributed by atoms with van der Waals surface area (Å²) in [7, 11) is 0. The topological polar surface area (TPSA) is 75.1 Å². The van der Waals surface area contributed by atoms with Crippen molar-refractivity contribution in [1.29, 1.82) is 0 Å². The number of anilines is 1. The average Bonchev–Trinajstić information content (AvgIpc) is 2.20. The lowest BCUT2D eigenvalue weighted by atomic mass is 9.85. The van der Waals surface area contributed by atoms with Gasteiger partial charge in [-0.3, -0.25) is 4.79 Å². The van der Waals surface area contributed by atoms with E-state index in [1.807, 2.05) is 20.8 Å². The Morgan fingerprint density at radius 2 is 2.17 bits per heavy atom. The van der Waals surface area contributed by atoms with Gasteiger partial charge in [-0.2, -0.15) is 0 Å². The Morgan fingerprint density at radius 1 is 1.56 bits per heavy atom. The zero-order chi connectivity index (χ0) is 13.9. The number of hydrogen-bond donors (Lipinski definition) is 2. The first kappa shape index (κ1) is 14.3. The number of aryl methyl sites for hydroxylation is 1. The summed E-state index contributed by atoms with van der Waals surface area (Å²) in [4.78, 5) is 18.5. The van der Waals surface area contributed by atoms with Crippen molar-refractivity contribution in [1.82, 2.24) is 9.97 Å². The Labute approximate surface area is 105 Å². The number of aliphatic carboxylic acids is 1. The quantitative estimate of drug-likeness (QED) is 0.862. The monoisotopic (exact) mass is 255 g/mol. The highest BCUT2D eigenvalue weighted by molar-refractivity contribution is 5.68. The molecule has 0 fully saturated rings. The molecule has 6 heteroatoms. The van der Waals surface area contributed by atoms with Crippen LogP contribution in [-0.4, -0.2) is 27.1 Å². The van der Waals surface area contributed by atoms with E-state index >= 15 is 0 Å². The molecular weight excluding hydrogens is 237 g/mol. The third-order valence-corrected chi connectivity index (χ3v) is 2.60. The van der Waals surface area contributed by atoms with Gasteiger partial charge in [0.25, 0.3) is 0 Å². The molecule has 0 amide bonds. The summed E-state index contributed by atoms with van der Waals surface area (Å²) in [5.41, 5.74) is -0.330. The van der Waals surface area contributed by atoms with Crippen molar-refractivity contribution >= 4 is 11.8 Å². The van der Waals surface area contributed by atoms with Crippen LogP contribution in [0.3, 0.4) is 0 Å². The Bertz CT molecular complexity index is 443. The van der Waals surface area contributed by atoms with Crippen molar-refractivity contribution in [3.05, 3.63) is 17.8 Å². The summed E-state index contributed by atoms with van der Waals surface area (Å²) in [6.07, 6.45) is 0.969. The lowest BCUT2D eigenvalue weighted by Gasteiger charge is -2.30. The Morgan fingerprint density at radius 3 is 2.67 bits per heavy atom. The van der Waals surface area contributed by atoms with Gasteiger partial charge < -0.3 is 10.4 Å². The van der Waals surface area contributed by atoms with E-state index in [0.29, 0.717) is 5.82 Å². The molecule has 1 aromatic rings. The molecule has 5 nitrogen and oxygen atoms in total. The maximum atomic E-state index is 13.5. The Kier molecular flexibility index (Phi) is 4.21. The molecular formula is C12H18FN3O2. The van der Waals surface area contributed by atoms with Gasteiger partial charge in [0.15, 0.2) is 11.6 Å². The third kappa shape index (κ3) is 3.94. The molecule has 100 valence electrons. The average molecular weight is 255 g/mol. The molecule has 1 aromatic heterocycles. The van der Waals surface area contributed by atoms with Gasteiger partial charge in [0.05, 0.1) is 12.6 Å². The maximum Gasteiger partial charge on any atom is 0.305 e. The van der Waals surface area contributed by atoms with Gasteiger partial charge in [-0.25, -0.2) is 14.4 Å². The van der Waals surface area contributed by atoms with Crippen LogP contribution >= 0.6 is 0 Å². The SMILES string of the molecule is Cc1ncc(F)c(N[C@H](CC(=O)O)C(C)(C)C)n1. The molecule has 0 saturated carbocycles. The van der Waals surface area contributed by atoms with E-state index in [4.69, 9.17) is 5.11 Å². The van der Waals surface area contributed by atoms with Crippen molar-refractivity contribution in [3.63, 3.8) is 0 Å². The van der Waals surface area contributed by atoms with Crippen LogP contribution in [0.25, 0.3) is 0 Å².